The Morgan fingerprint density at radius 2 is 1.97 bits per heavy atom. The van der Waals surface area contributed by atoms with E-state index in [0.717, 1.165) is 22.6 Å². The van der Waals surface area contributed by atoms with Crippen molar-refractivity contribution < 1.29 is 19.1 Å². The molecule has 2 heterocycles. The molecule has 2 amide bonds. The summed E-state index contributed by atoms with van der Waals surface area (Å²) in [7, 11) is 0. The molecule has 0 aliphatic carbocycles. The number of likely N-dealkylation sites (tertiary alicyclic amines) is 1. The zero-order valence-electron chi connectivity index (χ0n) is 19.5. The molecule has 32 heavy (non-hydrogen) atoms. The van der Waals surface area contributed by atoms with Crippen LogP contribution in [-0.4, -0.2) is 58.1 Å². The van der Waals surface area contributed by atoms with Gasteiger partial charge in [0.2, 0.25) is 11.8 Å². The van der Waals surface area contributed by atoms with Gasteiger partial charge in [-0.25, -0.2) is 4.98 Å². The maximum atomic E-state index is 13.3. The number of aliphatic hydroxyl groups excluding tert-OH is 1. The molecular formula is C24H34N4O4. The van der Waals surface area contributed by atoms with Crippen LogP contribution in [-0.2, 0) is 16.1 Å². The number of hydrogen-bond acceptors (Lipinski definition) is 6. The highest BCUT2D eigenvalue weighted by Gasteiger charge is 2.43. The summed E-state index contributed by atoms with van der Waals surface area (Å²) in [4.78, 5) is 31.8. The van der Waals surface area contributed by atoms with Gasteiger partial charge in [0.15, 0.2) is 12.2 Å². The Morgan fingerprint density at radius 3 is 2.53 bits per heavy atom. The van der Waals surface area contributed by atoms with E-state index in [4.69, 9.17) is 4.42 Å². The second-order valence-electron chi connectivity index (χ2n) is 9.43. The van der Waals surface area contributed by atoms with Crippen LogP contribution in [0.2, 0.25) is 0 Å². The fourth-order valence-electron chi connectivity index (χ4n) is 4.10. The number of carbonyl (C=O) groups is 2. The van der Waals surface area contributed by atoms with Crippen LogP contribution in [0.15, 0.2) is 35.1 Å². The maximum absolute atomic E-state index is 13.3. The van der Waals surface area contributed by atoms with E-state index < -0.39 is 18.2 Å². The number of aromatic nitrogens is 1. The Morgan fingerprint density at radius 1 is 1.28 bits per heavy atom. The molecule has 1 aliphatic heterocycles. The van der Waals surface area contributed by atoms with Crippen LogP contribution in [0.5, 0.6) is 0 Å². The van der Waals surface area contributed by atoms with Gasteiger partial charge in [0.05, 0.1) is 17.8 Å². The van der Waals surface area contributed by atoms with Gasteiger partial charge in [-0.3, -0.25) is 9.59 Å². The van der Waals surface area contributed by atoms with Gasteiger partial charge in [-0.05, 0) is 24.4 Å². The SMILES string of the molecule is CCN[C@H](C(=O)N1C[C@H](O)C[C@H]1C(=O)NCc1ccc(-c2ocnc2C)cc1)C(C)(C)C. The highest BCUT2D eigenvalue weighted by atomic mass is 16.3. The third kappa shape index (κ3) is 5.37. The molecule has 0 unspecified atom stereocenters. The minimum Gasteiger partial charge on any atom is -0.443 e. The number of nitrogens with one attached hydrogen (secondary N) is 2. The van der Waals surface area contributed by atoms with E-state index in [1.807, 2.05) is 58.9 Å². The molecule has 0 spiro atoms. The van der Waals surface area contributed by atoms with Gasteiger partial charge in [0, 0.05) is 25.1 Å². The molecule has 0 radical (unpaired) electrons. The predicted octanol–water partition coefficient (Wildman–Crippen LogP) is 2.25. The average molecular weight is 443 g/mol. The first-order valence-corrected chi connectivity index (χ1v) is 11.1. The summed E-state index contributed by atoms with van der Waals surface area (Å²) >= 11 is 0. The molecule has 1 aromatic carbocycles. The van der Waals surface area contributed by atoms with E-state index in [1.165, 1.54) is 11.3 Å². The van der Waals surface area contributed by atoms with E-state index >= 15 is 0 Å². The van der Waals surface area contributed by atoms with Gasteiger partial charge in [-0.15, -0.1) is 0 Å². The number of amides is 2. The van der Waals surface area contributed by atoms with Crippen LogP contribution in [0.25, 0.3) is 11.3 Å². The summed E-state index contributed by atoms with van der Waals surface area (Å²) in [5, 5.41) is 16.4. The number of rotatable bonds is 7. The van der Waals surface area contributed by atoms with E-state index in [-0.39, 0.29) is 30.2 Å². The van der Waals surface area contributed by atoms with Gasteiger partial charge in [-0.2, -0.15) is 0 Å². The summed E-state index contributed by atoms with van der Waals surface area (Å²) in [6.45, 7) is 10.9. The Labute approximate surface area is 189 Å². The molecule has 8 heteroatoms. The minimum atomic E-state index is -0.707. The molecule has 1 aromatic heterocycles. The Hall–Kier alpha value is -2.71. The standard InChI is InChI=1S/C24H34N4O4/c1-6-25-21(24(3,4)5)23(31)28-13-18(29)11-19(28)22(30)26-12-16-7-9-17(10-8-16)20-15(2)27-14-32-20/h7-10,14,18-19,21,25,29H,6,11-13H2,1-5H3,(H,26,30)/t18-,19+,21-/m1/s1. The smallest absolute Gasteiger partial charge is 0.243 e. The van der Waals surface area contributed by atoms with Crippen molar-refractivity contribution in [3.63, 3.8) is 0 Å². The molecule has 3 atom stereocenters. The largest absolute Gasteiger partial charge is 0.443 e. The van der Waals surface area contributed by atoms with Crippen molar-refractivity contribution in [2.75, 3.05) is 13.1 Å². The van der Waals surface area contributed by atoms with Crippen molar-refractivity contribution in [1.29, 1.82) is 0 Å². The number of aryl methyl sites for hydroxylation is 1. The lowest BCUT2D eigenvalue weighted by atomic mass is 9.85. The number of hydrogen-bond donors (Lipinski definition) is 3. The Bertz CT molecular complexity index is 932. The van der Waals surface area contributed by atoms with Crippen LogP contribution in [0.3, 0.4) is 0 Å². The predicted molar refractivity (Wildman–Crippen MR) is 122 cm³/mol. The number of nitrogens with zero attached hydrogens (tertiary/aromatic N) is 2. The van der Waals surface area contributed by atoms with Gasteiger partial charge < -0.3 is 25.1 Å². The molecule has 8 nitrogen and oxygen atoms in total. The second kappa shape index (κ2) is 9.83. The second-order valence-corrected chi connectivity index (χ2v) is 9.43. The highest BCUT2D eigenvalue weighted by Crippen LogP contribution is 2.26. The van der Waals surface area contributed by atoms with E-state index in [9.17, 15) is 14.7 Å². The summed E-state index contributed by atoms with van der Waals surface area (Å²) in [6.07, 6.45) is 0.952. The van der Waals surface area contributed by atoms with Gasteiger partial charge in [0.25, 0.3) is 0 Å². The van der Waals surface area contributed by atoms with Crippen LogP contribution in [0.1, 0.15) is 45.4 Å². The molecule has 1 aliphatic rings. The molecule has 174 valence electrons. The van der Waals surface area contributed by atoms with Crippen LogP contribution >= 0.6 is 0 Å². The molecule has 3 N–H and O–H groups in total. The topological polar surface area (TPSA) is 108 Å². The summed E-state index contributed by atoms with van der Waals surface area (Å²) in [6, 6.07) is 6.58. The number of carbonyl (C=O) groups excluding carboxylic acids is 2. The Kier molecular flexibility index (Phi) is 7.36. The monoisotopic (exact) mass is 442 g/mol. The number of likely N-dealkylation sites (N-methyl/N-ethyl adjacent to an activating group) is 1. The normalized spacial score (nSPS) is 19.8. The summed E-state index contributed by atoms with van der Waals surface area (Å²) in [5.74, 6) is 0.320. The summed E-state index contributed by atoms with van der Waals surface area (Å²) < 4.78 is 5.41. The van der Waals surface area contributed by atoms with Crippen molar-refractivity contribution >= 4 is 11.8 Å². The van der Waals surface area contributed by atoms with E-state index in [1.54, 1.807) is 0 Å². The van der Waals surface area contributed by atoms with Gasteiger partial charge in [-0.1, -0.05) is 52.0 Å². The van der Waals surface area contributed by atoms with Crippen LogP contribution < -0.4 is 10.6 Å². The molecule has 1 saturated heterocycles. The first kappa shape index (κ1) is 23.9. The molecule has 0 bridgehead atoms. The van der Waals surface area contributed by atoms with Crippen molar-refractivity contribution in [1.82, 2.24) is 20.5 Å². The lowest BCUT2D eigenvalue weighted by molar-refractivity contribution is -0.142. The molecule has 3 rings (SSSR count). The first-order valence-electron chi connectivity index (χ1n) is 11.1. The lowest BCUT2D eigenvalue weighted by Gasteiger charge is -2.35. The maximum Gasteiger partial charge on any atom is 0.243 e. The van der Waals surface area contributed by atoms with Crippen molar-refractivity contribution in [2.24, 2.45) is 5.41 Å². The third-order valence-electron chi connectivity index (χ3n) is 5.81. The van der Waals surface area contributed by atoms with E-state index in [2.05, 4.69) is 15.6 Å². The Balaban J connectivity index is 1.65. The van der Waals surface area contributed by atoms with Gasteiger partial charge in [0.1, 0.15) is 6.04 Å². The summed E-state index contributed by atoms with van der Waals surface area (Å²) in [5.41, 5.74) is 2.35. The molecule has 2 aromatic rings. The van der Waals surface area contributed by atoms with Crippen LogP contribution in [0, 0.1) is 12.3 Å². The number of oxazole rings is 1. The number of aliphatic hydroxyl groups is 1. The van der Waals surface area contributed by atoms with Crippen molar-refractivity contribution in [3.8, 4) is 11.3 Å². The van der Waals surface area contributed by atoms with Crippen LogP contribution in [0.4, 0.5) is 0 Å². The number of benzene rings is 1. The fraction of sp³-hybridized carbons (Fsp3) is 0.542. The molecule has 0 saturated carbocycles. The van der Waals surface area contributed by atoms with Crippen molar-refractivity contribution in [3.05, 3.63) is 41.9 Å². The highest BCUT2D eigenvalue weighted by molar-refractivity contribution is 5.91. The fourth-order valence-corrected chi connectivity index (χ4v) is 4.10. The zero-order valence-corrected chi connectivity index (χ0v) is 19.5. The average Bonchev–Trinajstić information content (AvgIpc) is 3.35. The van der Waals surface area contributed by atoms with E-state index in [0.29, 0.717) is 13.1 Å². The number of β-amino-alcohol motifs (C(OH)–C–C–N with tert-alkyl or cyclic N) is 1. The zero-order chi connectivity index (χ0) is 23.5. The van der Waals surface area contributed by atoms with Gasteiger partial charge >= 0.3 is 0 Å². The van der Waals surface area contributed by atoms with Crippen molar-refractivity contribution in [2.45, 2.75) is 65.8 Å². The molecule has 1 fully saturated rings. The lowest BCUT2D eigenvalue weighted by Crippen LogP contribution is -2.56. The molecular weight excluding hydrogens is 408 g/mol. The first-order chi connectivity index (χ1) is 15.1. The quantitative estimate of drug-likeness (QED) is 0.607. The minimum absolute atomic E-state index is 0.150. The third-order valence-corrected chi connectivity index (χ3v) is 5.81.